The Morgan fingerprint density at radius 1 is 1.18 bits per heavy atom. The van der Waals surface area contributed by atoms with Crippen molar-refractivity contribution in [1.29, 1.82) is 0 Å². The Kier molecular flexibility index (Phi) is 6.25. The summed E-state index contributed by atoms with van der Waals surface area (Å²) in [5.74, 6) is 0.0278. The molecule has 33 heavy (non-hydrogen) atoms. The van der Waals surface area contributed by atoms with Gasteiger partial charge in [0.15, 0.2) is 5.76 Å². The topological polar surface area (TPSA) is 124 Å². The molecule has 0 radical (unpaired) electrons. The van der Waals surface area contributed by atoms with Crippen molar-refractivity contribution < 1.29 is 18.9 Å². The van der Waals surface area contributed by atoms with E-state index in [1.807, 2.05) is 12.1 Å². The van der Waals surface area contributed by atoms with E-state index in [1.54, 1.807) is 47.7 Å². The fraction of sp³-hybridized carbons (Fsp3) is 0.348. The molecule has 4 rings (SSSR count). The number of furan rings is 1. The standard InChI is InChI=1S/C23H25N5O5/c1-15-21(28(31)32)16(2)27(25-15)14-17-5-7-18(8-6-17)22(29)24-19-9-11-26(12-10-19)23(30)20-4-3-13-33-20/h3-8,13,19H,9-12,14H2,1-2H3,(H,24,29). The third kappa shape index (κ3) is 4.79. The molecule has 1 aliphatic heterocycles. The van der Waals surface area contributed by atoms with Gasteiger partial charge < -0.3 is 14.6 Å². The normalized spacial score (nSPS) is 14.3. The summed E-state index contributed by atoms with van der Waals surface area (Å²) in [6, 6.07) is 10.4. The average Bonchev–Trinajstić information content (AvgIpc) is 3.42. The molecule has 0 saturated carbocycles. The van der Waals surface area contributed by atoms with Crippen molar-refractivity contribution in [3.8, 4) is 0 Å². The van der Waals surface area contributed by atoms with Crippen LogP contribution >= 0.6 is 0 Å². The van der Waals surface area contributed by atoms with E-state index < -0.39 is 4.92 Å². The van der Waals surface area contributed by atoms with E-state index in [0.29, 0.717) is 55.2 Å². The number of nitrogens with zero attached hydrogens (tertiary/aromatic N) is 4. The monoisotopic (exact) mass is 451 g/mol. The second kappa shape index (κ2) is 9.27. The van der Waals surface area contributed by atoms with E-state index in [1.165, 1.54) is 6.26 Å². The third-order valence-electron chi connectivity index (χ3n) is 5.92. The number of nitro groups is 1. The van der Waals surface area contributed by atoms with Crippen LogP contribution in [0.25, 0.3) is 0 Å². The first kappa shape index (κ1) is 22.3. The van der Waals surface area contributed by atoms with Crippen molar-refractivity contribution >= 4 is 17.5 Å². The maximum Gasteiger partial charge on any atom is 0.312 e. The highest BCUT2D eigenvalue weighted by Crippen LogP contribution is 2.22. The van der Waals surface area contributed by atoms with Gasteiger partial charge in [-0.2, -0.15) is 5.10 Å². The first-order chi connectivity index (χ1) is 15.8. The van der Waals surface area contributed by atoms with Crippen LogP contribution in [0.1, 0.15) is 50.7 Å². The number of piperidine rings is 1. The van der Waals surface area contributed by atoms with Crippen molar-refractivity contribution in [2.75, 3.05) is 13.1 Å². The Morgan fingerprint density at radius 3 is 2.45 bits per heavy atom. The smallest absolute Gasteiger partial charge is 0.312 e. The van der Waals surface area contributed by atoms with Crippen LogP contribution in [0.4, 0.5) is 5.69 Å². The molecular formula is C23H25N5O5. The number of hydrogen-bond acceptors (Lipinski definition) is 6. The number of amides is 2. The number of aryl methyl sites for hydroxylation is 1. The fourth-order valence-corrected chi connectivity index (χ4v) is 4.09. The van der Waals surface area contributed by atoms with Crippen LogP contribution < -0.4 is 5.32 Å². The summed E-state index contributed by atoms with van der Waals surface area (Å²) in [6.07, 6.45) is 2.83. The van der Waals surface area contributed by atoms with Crippen LogP contribution in [0.15, 0.2) is 47.1 Å². The number of likely N-dealkylation sites (tertiary alicyclic amines) is 1. The van der Waals surface area contributed by atoms with Gasteiger partial charge in [0.05, 0.1) is 17.7 Å². The second-order valence-electron chi connectivity index (χ2n) is 8.15. The van der Waals surface area contributed by atoms with Crippen molar-refractivity contribution in [3.63, 3.8) is 0 Å². The van der Waals surface area contributed by atoms with Crippen molar-refractivity contribution in [1.82, 2.24) is 20.0 Å². The van der Waals surface area contributed by atoms with E-state index >= 15 is 0 Å². The number of rotatable bonds is 6. The Morgan fingerprint density at radius 2 is 1.88 bits per heavy atom. The maximum atomic E-state index is 12.7. The highest BCUT2D eigenvalue weighted by Gasteiger charge is 2.26. The van der Waals surface area contributed by atoms with Crippen molar-refractivity contribution in [2.45, 2.75) is 39.3 Å². The second-order valence-corrected chi connectivity index (χ2v) is 8.15. The number of carbonyl (C=O) groups excluding carboxylic acids is 2. The summed E-state index contributed by atoms with van der Waals surface area (Å²) in [7, 11) is 0. The Balaban J connectivity index is 1.31. The van der Waals surface area contributed by atoms with Gasteiger partial charge in [0.1, 0.15) is 11.4 Å². The zero-order valence-electron chi connectivity index (χ0n) is 18.5. The summed E-state index contributed by atoms with van der Waals surface area (Å²) in [5.41, 5.74) is 2.33. The van der Waals surface area contributed by atoms with Gasteiger partial charge in [0.2, 0.25) is 0 Å². The first-order valence-electron chi connectivity index (χ1n) is 10.7. The van der Waals surface area contributed by atoms with Gasteiger partial charge in [-0.15, -0.1) is 0 Å². The summed E-state index contributed by atoms with van der Waals surface area (Å²) in [6.45, 7) is 4.78. The molecule has 1 saturated heterocycles. The van der Waals surface area contributed by atoms with Gasteiger partial charge in [0, 0.05) is 24.7 Å². The minimum atomic E-state index is -0.418. The lowest BCUT2D eigenvalue weighted by Gasteiger charge is -2.31. The summed E-state index contributed by atoms with van der Waals surface area (Å²) >= 11 is 0. The summed E-state index contributed by atoms with van der Waals surface area (Å²) in [5, 5.41) is 18.5. The Hall–Kier alpha value is -3.95. The van der Waals surface area contributed by atoms with Gasteiger partial charge in [-0.1, -0.05) is 12.1 Å². The van der Waals surface area contributed by atoms with Crippen LogP contribution in [-0.4, -0.2) is 50.5 Å². The molecule has 1 N–H and O–H groups in total. The molecule has 1 aliphatic rings. The zero-order chi connectivity index (χ0) is 23.5. The van der Waals surface area contributed by atoms with Gasteiger partial charge in [-0.25, -0.2) is 0 Å². The first-order valence-corrected chi connectivity index (χ1v) is 10.7. The lowest BCUT2D eigenvalue weighted by atomic mass is 10.0. The molecule has 0 aliphatic carbocycles. The molecule has 1 fully saturated rings. The van der Waals surface area contributed by atoms with E-state index in [9.17, 15) is 19.7 Å². The van der Waals surface area contributed by atoms with Gasteiger partial charge in [-0.05, 0) is 56.5 Å². The van der Waals surface area contributed by atoms with Crippen LogP contribution in [0, 0.1) is 24.0 Å². The number of benzene rings is 1. The SMILES string of the molecule is Cc1nn(Cc2ccc(C(=O)NC3CCN(C(=O)c4ccco4)CC3)cc2)c(C)c1[N+](=O)[O-]. The van der Waals surface area contributed by atoms with Crippen LogP contribution in [0.3, 0.4) is 0 Å². The van der Waals surface area contributed by atoms with E-state index in [4.69, 9.17) is 4.42 Å². The molecule has 3 heterocycles. The minimum absolute atomic E-state index is 0.00641. The Labute approximate surface area is 190 Å². The van der Waals surface area contributed by atoms with E-state index in [0.717, 1.165) is 5.56 Å². The predicted molar refractivity (Wildman–Crippen MR) is 119 cm³/mol. The number of carbonyl (C=O) groups is 2. The lowest BCUT2D eigenvalue weighted by Crippen LogP contribution is -2.46. The molecule has 3 aromatic rings. The number of nitrogens with one attached hydrogen (secondary N) is 1. The largest absolute Gasteiger partial charge is 0.459 e. The molecule has 172 valence electrons. The highest BCUT2D eigenvalue weighted by molar-refractivity contribution is 5.94. The molecule has 10 nitrogen and oxygen atoms in total. The molecular weight excluding hydrogens is 426 g/mol. The van der Waals surface area contributed by atoms with E-state index in [2.05, 4.69) is 10.4 Å². The third-order valence-corrected chi connectivity index (χ3v) is 5.92. The molecule has 0 unspecified atom stereocenters. The molecule has 0 bridgehead atoms. The van der Waals surface area contributed by atoms with Crippen molar-refractivity contribution in [2.24, 2.45) is 0 Å². The number of hydrogen-bond donors (Lipinski definition) is 1. The zero-order valence-corrected chi connectivity index (χ0v) is 18.5. The molecule has 0 spiro atoms. The fourth-order valence-electron chi connectivity index (χ4n) is 4.09. The predicted octanol–water partition coefficient (Wildman–Crippen LogP) is 3.08. The average molecular weight is 451 g/mol. The van der Waals surface area contributed by atoms with Crippen LogP contribution in [-0.2, 0) is 6.54 Å². The lowest BCUT2D eigenvalue weighted by molar-refractivity contribution is -0.386. The molecule has 2 amide bonds. The molecule has 0 atom stereocenters. The molecule has 2 aromatic heterocycles. The van der Waals surface area contributed by atoms with Gasteiger partial charge in [-0.3, -0.25) is 24.4 Å². The van der Waals surface area contributed by atoms with Crippen LogP contribution in [0.5, 0.6) is 0 Å². The number of aromatic nitrogens is 2. The highest BCUT2D eigenvalue weighted by atomic mass is 16.6. The van der Waals surface area contributed by atoms with Gasteiger partial charge in [0.25, 0.3) is 11.8 Å². The van der Waals surface area contributed by atoms with Crippen LogP contribution in [0.2, 0.25) is 0 Å². The Bertz CT molecular complexity index is 1160. The quantitative estimate of drug-likeness (QED) is 0.454. The minimum Gasteiger partial charge on any atom is -0.459 e. The molecule has 1 aromatic carbocycles. The van der Waals surface area contributed by atoms with Crippen molar-refractivity contribution in [3.05, 3.63) is 81.1 Å². The van der Waals surface area contributed by atoms with E-state index in [-0.39, 0.29) is 23.5 Å². The molecule has 10 heteroatoms. The summed E-state index contributed by atoms with van der Waals surface area (Å²) in [4.78, 5) is 37.5. The van der Waals surface area contributed by atoms with Gasteiger partial charge >= 0.3 is 5.69 Å². The maximum absolute atomic E-state index is 12.7. The summed E-state index contributed by atoms with van der Waals surface area (Å²) < 4.78 is 6.77.